The van der Waals surface area contributed by atoms with E-state index in [-0.39, 0.29) is 18.5 Å². The zero-order chi connectivity index (χ0) is 19.9. The van der Waals surface area contributed by atoms with Gasteiger partial charge in [-0.3, -0.25) is 4.79 Å². The van der Waals surface area contributed by atoms with E-state index in [1.54, 1.807) is 17.9 Å². The van der Waals surface area contributed by atoms with Crippen LogP contribution < -0.4 is 0 Å². The van der Waals surface area contributed by atoms with Gasteiger partial charge >= 0.3 is 6.18 Å². The maximum absolute atomic E-state index is 13.1. The number of halogens is 3. The number of aromatic nitrogens is 3. The first-order valence-corrected chi connectivity index (χ1v) is 9.11. The van der Waals surface area contributed by atoms with Crippen LogP contribution in [0.2, 0.25) is 0 Å². The number of para-hydroxylation sites is 1. The van der Waals surface area contributed by atoms with E-state index >= 15 is 0 Å². The molecule has 28 heavy (non-hydrogen) atoms. The molecule has 0 spiro atoms. The Labute approximate surface area is 159 Å². The number of hydrogen-bond acceptors (Lipinski definition) is 3. The van der Waals surface area contributed by atoms with E-state index in [0.29, 0.717) is 11.1 Å². The Kier molecular flexibility index (Phi) is 4.56. The lowest BCUT2D eigenvalue weighted by Gasteiger charge is -2.30. The van der Waals surface area contributed by atoms with Gasteiger partial charge in [0.1, 0.15) is 12.1 Å². The first-order valence-electron chi connectivity index (χ1n) is 9.11. The summed E-state index contributed by atoms with van der Waals surface area (Å²) in [6, 6.07) is 12.1. The van der Waals surface area contributed by atoms with Crippen molar-refractivity contribution < 1.29 is 18.0 Å². The molecule has 0 unspecified atom stereocenters. The van der Waals surface area contributed by atoms with Crippen LogP contribution in [0.4, 0.5) is 13.2 Å². The minimum absolute atomic E-state index is 0.000312. The minimum atomic E-state index is -4.41. The van der Waals surface area contributed by atoms with Crippen molar-refractivity contribution in [2.45, 2.75) is 44.6 Å². The molecule has 2 aromatic carbocycles. The van der Waals surface area contributed by atoms with Gasteiger partial charge in [0.05, 0.1) is 17.1 Å². The van der Waals surface area contributed by atoms with Gasteiger partial charge in [-0.1, -0.05) is 29.5 Å². The van der Waals surface area contributed by atoms with Crippen molar-refractivity contribution in [3.63, 3.8) is 0 Å². The molecule has 1 heterocycles. The van der Waals surface area contributed by atoms with Gasteiger partial charge in [0, 0.05) is 6.04 Å². The molecule has 5 nitrogen and oxygen atoms in total. The summed E-state index contributed by atoms with van der Waals surface area (Å²) >= 11 is 0. The van der Waals surface area contributed by atoms with Crippen molar-refractivity contribution in [2.75, 3.05) is 0 Å². The van der Waals surface area contributed by atoms with Crippen LogP contribution in [0.1, 0.15) is 36.9 Å². The van der Waals surface area contributed by atoms with E-state index in [2.05, 4.69) is 10.3 Å². The molecule has 3 aromatic rings. The molecular weight excluding hydrogens is 369 g/mol. The van der Waals surface area contributed by atoms with Crippen LogP contribution in [0.25, 0.3) is 11.0 Å². The molecule has 1 saturated carbocycles. The van der Waals surface area contributed by atoms with Gasteiger partial charge in [0.25, 0.3) is 0 Å². The quantitative estimate of drug-likeness (QED) is 0.658. The van der Waals surface area contributed by atoms with Gasteiger partial charge in [0.15, 0.2) is 0 Å². The summed E-state index contributed by atoms with van der Waals surface area (Å²) < 4.78 is 40.7. The molecule has 0 bridgehead atoms. The third-order valence-corrected chi connectivity index (χ3v) is 5.05. The van der Waals surface area contributed by atoms with E-state index in [0.717, 1.165) is 30.5 Å². The van der Waals surface area contributed by atoms with Crippen molar-refractivity contribution in [3.8, 4) is 0 Å². The summed E-state index contributed by atoms with van der Waals surface area (Å²) in [6.45, 7) is 1.77. The Morgan fingerprint density at radius 3 is 2.68 bits per heavy atom. The highest BCUT2D eigenvalue weighted by Crippen LogP contribution is 2.37. The SMILES string of the molecule is C[C@@H](c1cccc(C(F)(F)F)c1)N(C(=O)Cn1nnc2ccccc21)C1CC1. The average molecular weight is 388 g/mol. The summed E-state index contributed by atoms with van der Waals surface area (Å²) in [6.07, 6.45) is -2.70. The largest absolute Gasteiger partial charge is 0.416 e. The second kappa shape index (κ2) is 6.92. The Morgan fingerprint density at radius 1 is 1.21 bits per heavy atom. The molecule has 1 fully saturated rings. The Bertz CT molecular complexity index is 1010. The molecule has 146 valence electrons. The Morgan fingerprint density at radius 2 is 1.96 bits per heavy atom. The summed E-state index contributed by atoms with van der Waals surface area (Å²) in [5, 5.41) is 8.10. The molecule has 1 atom stereocenters. The molecule has 0 radical (unpaired) electrons. The second-order valence-corrected chi connectivity index (χ2v) is 7.07. The van der Waals surface area contributed by atoms with E-state index in [4.69, 9.17) is 0 Å². The van der Waals surface area contributed by atoms with Gasteiger partial charge in [0.2, 0.25) is 5.91 Å². The molecule has 4 rings (SSSR count). The monoisotopic (exact) mass is 388 g/mol. The summed E-state index contributed by atoms with van der Waals surface area (Å²) in [5.74, 6) is -0.178. The third-order valence-electron chi connectivity index (χ3n) is 5.05. The van der Waals surface area contributed by atoms with Crippen LogP contribution in [-0.4, -0.2) is 31.8 Å². The van der Waals surface area contributed by atoms with Crippen LogP contribution in [0.3, 0.4) is 0 Å². The summed E-state index contributed by atoms with van der Waals surface area (Å²) in [5.41, 5.74) is 1.21. The fourth-order valence-electron chi connectivity index (χ4n) is 3.47. The smallest absolute Gasteiger partial charge is 0.331 e. The van der Waals surface area contributed by atoms with Crippen molar-refractivity contribution >= 4 is 16.9 Å². The molecule has 8 heteroatoms. The molecular formula is C20H19F3N4O. The summed E-state index contributed by atoms with van der Waals surface area (Å²) in [4.78, 5) is 14.7. The highest BCUT2D eigenvalue weighted by Gasteiger charge is 2.37. The molecule has 0 N–H and O–H groups in total. The van der Waals surface area contributed by atoms with Crippen LogP contribution in [0.5, 0.6) is 0 Å². The first kappa shape index (κ1) is 18.5. The van der Waals surface area contributed by atoms with Gasteiger partial charge in [-0.2, -0.15) is 13.2 Å². The lowest BCUT2D eigenvalue weighted by atomic mass is 10.0. The second-order valence-electron chi connectivity index (χ2n) is 7.07. The van der Waals surface area contributed by atoms with E-state index in [9.17, 15) is 18.0 Å². The number of fused-ring (bicyclic) bond motifs is 1. The zero-order valence-corrected chi connectivity index (χ0v) is 15.2. The lowest BCUT2D eigenvalue weighted by Crippen LogP contribution is -2.38. The highest BCUT2D eigenvalue weighted by atomic mass is 19.4. The maximum Gasteiger partial charge on any atom is 0.416 e. The number of carbonyl (C=O) groups is 1. The van der Waals surface area contributed by atoms with Crippen molar-refractivity contribution in [1.29, 1.82) is 0 Å². The molecule has 1 aromatic heterocycles. The fraction of sp³-hybridized carbons (Fsp3) is 0.350. The molecule has 1 amide bonds. The first-order chi connectivity index (χ1) is 13.3. The fourth-order valence-corrected chi connectivity index (χ4v) is 3.47. The van der Waals surface area contributed by atoms with E-state index in [1.165, 1.54) is 10.7 Å². The number of benzene rings is 2. The number of amides is 1. The number of carbonyl (C=O) groups excluding carboxylic acids is 1. The predicted molar refractivity (Wildman–Crippen MR) is 97.3 cm³/mol. The van der Waals surface area contributed by atoms with Gasteiger partial charge < -0.3 is 4.90 Å². The number of alkyl halides is 3. The van der Waals surface area contributed by atoms with Gasteiger partial charge in [-0.05, 0) is 49.6 Å². The van der Waals surface area contributed by atoms with Crippen molar-refractivity contribution in [1.82, 2.24) is 19.9 Å². The van der Waals surface area contributed by atoms with Crippen LogP contribution in [-0.2, 0) is 17.5 Å². The Hall–Kier alpha value is -2.90. The number of hydrogen-bond donors (Lipinski definition) is 0. The Balaban J connectivity index is 1.59. The van der Waals surface area contributed by atoms with Gasteiger partial charge in [-0.25, -0.2) is 4.68 Å². The molecule has 1 aliphatic carbocycles. The topological polar surface area (TPSA) is 51.0 Å². The summed E-state index contributed by atoms with van der Waals surface area (Å²) in [7, 11) is 0. The molecule has 0 aliphatic heterocycles. The molecule has 1 aliphatic rings. The van der Waals surface area contributed by atoms with Gasteiger partial charge in [-0.15, -0.1) is 5.10 Å². The third kappa shape index (κ3) is 3.58. The van der Waals surface area contributed by atoms with Crippen LogP contribution in [0, 0.1) is 0 Å². The van der Waals surface area contributed by atoms with Crippen LogP contribution in [0.15, 0.2) is 48.5 Å². The van der Waals surface area contributed by atoms with Crippen LogP contribution >= 0.6 is 0 Å². The molecule has 0 saturated heterocycles. The predicted octanol–water partition coefficient (Wildman–Crippen LogP) is 4.20. The number of nitrogens with zero attached hydrogens (tertiary/aromatic N) is 4. The van der Waals surface area contributed by atoms with Crippen molar-refractivity contribution in [2.24, 2.45) is 0 Å². The number of rotatable bonds is 5. The lowest BCUT2D eigenvalue weighted by molar-refractivity contribution is -0.137. The van der Waals surface area contributed by atoms with E-state index in [1.807, 2.05) is 24.3 Å². The maximum atomic E-state index is 13.1. The normalized spacial score (nSPS) is 15.6. The van der Waals surface area contributed by atoms with E-state index < -0.39 is 17.8 Å². The zero-order valence-electron chi connectivity index (χ0n) is 15.2. The highest BCUT2D eigenvalue weighted by molar-refractivity contribution is 5.80. The van der Waals surface area contributed by atoms with Crippen molar-refractivity contribution in [3.05, 3.63) is 59.7 Å². The average Bonchev–Trinajstić information content (AvgIpc) is 3.42. The minimum Gasteiger partial charge on any atom is -0.331 e. The standard InChI is InChI=1S/C20H19F3N4O/c1-13(14-5-4-6-15(11-14)20(21,22)23)27(16-9-10-16)19(28)12-26-18-8-3-2-7-17(18)24-25-26/h2-8,11,13,16H,9-10,12H2,1H3/t13-/m0/s1.